The quantitative estimate of drug-likeness (QED) is 0.577. The Balaban J connectivity index is 1.76. The molecule has 3 aromatic rings. The van der Waals surface area contributed by atoms with Gasteiger partial charge in [-0.1, -0.05) is 48.5 Å². The van der Waals surface area contributed by atoms with Gasteiger partial charge in [-0.15, -0.1) is 0 Å². The third-order valence-electron chi connectivity index (χ3n) is 3.42. The fraction of sp³-hybridized carbons (Fsp3) is 0.0588. The minimum Gasteiger partial charge on any atom is -0.358 e. The summed E-state index contributed by atoms with van der Waals surface area (Å²) in [6.07, 6.45) is 2.49. The molecule has 0 radical (unpaired) electrons. The smallest absolute Gasteiger partial charge is 0.358 e. The number of nitro groups is 1. The van der Waals surface area contributed by atoms with Crippen molar-refractivity contribution in [2.24, 2.45) is 0 Å². The number of para-hydroxylation sites is 1. The summed E-state index contributed by atoms with van der Waals surface area (Å²) in [5.41, 5.74) is 2.58. The SMILES string of the molecule is O=C(Cn1cnc([N+](=O)[O-])c1)Nc1ccccc1-c1ccccc1. The second kappa shape index (κ2) is 6.74. The highest BCUT2D eigenvalue weighted by Crippen LogP contribution is 2.27. The van der Waals surface area contributed by atoms with Crippen molar-refractivity contribution < 1.29 is 9.72 Å². The molecule has 24 heavy (non-hydrogen) atoms. The number of benzene rings is 2. The Labute approximate surface area is 137 Å². The van der Waals surface area contributed by atoms with E-state index in [9.17, 15) is 14.9 Å². The minimum absolute atomic E-state index is 0.0516. The fourth-order valence-corrected chi connectivity index (χ4v) is 2.35. The van der Waals surface area contributed by atoms with Crippen LogP contribution in [0, 0.1) is 10.1 Å². The highest BCUT2D eigenvalue weighted by Gasteiger charge is 2.13. The number of anilines is 1. The molecule has 2 aromatic carbocycles. The maximum absolute atomic E-state index is 12.2. The zero-order valence-corrected chi connectivity index (χ0v) is 12.6. The van der Waals surface area contributed by atoms with Crippen molar-refractivity contribution in [2.75, 3.05) is 5.32 Å². The van der Waals surface area contributed by atoms with Crippen LogP contribution < -0.4 is 5.32 Å². The molecule has 0 saturated carbocycles. The first-order valence-electron chi connectivity index (χ1n) is 7.24. The van der Waals surface area contributed by atoms with E-state index < -0.39 is 4.92 Å². The lowest BCUT2D eigenvalue weighted by atomic mass is 10.0. The van der Waals surface area contributed by atoms with Crippen LogP contribution in [0.2, 0.25) is 0 Å². The van der Waals surface area contributed by atoms with Crippen molar-refractivity contribution in [2.45, 2.75) is 6.54 Å². The second-order valence-electron chi connectivity index (χ2n) is 5.12. The van der Waals surface area contributed by atoms with Crippen LogP contribution in [-0.4, -0.2) is 20.4 Å². The highest BCUT2D eigenvalue weighted by molar-refractivity contribution is 5.95. The molecule has 0 saturated heterocycles. The molecule has 1 aromatic heterocycles. The van der Waals surface area contributed by atoms with E-state index >= 15 is 0 Å². The number of nitrogens with zero attached hydrogens (tertiary/aromatic N) is 3. The largest absolute Gasteiger partial charge is 0.381 e. The van der Waals surface area contributed by atoms with Crippen LogP contribution in [0.4, 0.5) is 11.5 Å². The molecule has 0 atom stereocenters. The Morgan fingerprint density at radius 3 is 2.54 bits per heavy atom. The second-order valence-corrected chi connectivity index (χ2v) is 5.12. The third-order valence-corrected chi connectivity index (χ3v) is 3.42. The van der Waals surface area contributed by atoms with Crippen molar-refractivity contribution >= 4 is 17.4 Å². The molecule has 0 unspecified atom stereocenters. The average molecular weight is 322 g/mol. The van der Waals surface area contributed by atoms with Crippen LogP contribution in [0.15, 0.2) is 67.1 Å². The van der Waals surface area contributed by atoms with E-state index in [2.05, 4.69) is 10.3 Å². The zero-order valence-electron chi connectivity index (χ0n) is 12.6. The van der Waals surface area contributed by atoms with E-state index in [1.54, 1.807) is 0 Å². The third kappa shape index (κ3) is 3.46. The maximum Gasteiger partial charge on any atom is 0.381 e. The van der Waals surface area contributed by atoms with Gasteiger partial charge in [-0.2, -0.15) is 0 Å². The van der Waals surface area contributed by atoms with Gasteiger partial charge in [0.1, 0.15) is 12.7 Å². The molecule has 0 aliphatic rings. The molecule has 1 N–H and O–H groups in total. The summed E-state index contributed by atoms with van der Waals surface area (Å²) in [5, 5.41) is 13.5. The molecule has 120 valence electrons. The number of hydrogen-bond donors (Lipinski definition) is 1. The van der Waals surface area contributed by atoms with Gasteiger partial charge in [-0.25, -0.2) is 0 Å². The number of aromatic nitrogens is 2. The first-order chi connectivity index (χ1) is 11.6. The summed E-state index contributed by atoms with van der Waals surface area (Å²) in [6.45, 7) is -0.0516. The molecule has 1 heterocycles. The number of imidazole rings is 1. The van der Waals surface area contributed by atoms with Gasteiger partial charge in [-0.05, 0) is 21.5 Å². The van der Waals surface area contributed by atoms with Gasteiger partial charge >= 0.3 is 5.82 Å². The molecule has 0 aliphatic heterocycles. The lowest BCUT2D eigenvalue weighted by Gasteiger charge is -2.11. The lowest BCUT2D eigenvalue weighted by Crippen LogP contribution is -2.18. The topological polar surface area (TPSA) is 90.1 Å². The van der Waals surface area contributed by atoms with Crippen molar-refractivity contribution in [1.82, 2.24) is 9.55 Å². The Morgan fingerprint density at radius 1 is 1.12 bits per heavy atom. The number of carbonyl (C=O) groups excluding carboxylic acids is 1. The Bertz CT molecular complexity index is 874. The van der Waals surface area contributed by atoms with Gasteiger partial charge in [0.05, 0.1) is 0 Å². The van der Waals surface area contributed by atoms with E-state index in [4.69, 9.17) is 0 Å². The Kier molecular flexibility index (Phi) is 4.33. The molecule has 3 rings (SSSR count). The summed E-state index contributed by atoms with van der Waals surface area (Å²) in [7, 11) is 0. The number of amides is 1. The maximum atomic E-state index is 12.2. The molecule has 0 bridgehead atoms. The van der Waals surface area contributed by atoms with Crippen molar-refractivity contribution in [3.63, 3.8) is 0 Å². The molecule has 0 spiro atoms. The van der Waals surface area contributed by atoms with E-state index in [-0.39, 0.29) is 18.3 Å². The predicted octanol–water partition coefficient (Wildman–Crippen LogP) is 3.10. The normalized spacial score (nSPS) is 10.3. The number of carbonyl (C=O) groups is 1. The zero-order chi connectivity index (χ0) is 16.9. The summed E-state index contributed by atoms with van der Waals surface area (Å²) < 4.78 is 1.37. The molecule has 7 heteroatoms. The van der Waals surface area contributed by atoms with Gasteiger partial charge in [0.2, 0.25) is 12.2 Å². The van der Waals surface area contributed by atoms with E-state index in [1.165, 1.54) is 17.1 Å². The van der Waals surface area contributed by atoms with Crippen molar-refractivity contribution in [3.8, 4) is 11.1 Å². The number of nitrogens with one attached hydrogen (secondary N) is 1. The standard InChI is InChI=1S/C17H14N4O3/c22-17(11-20-10-16(18-12-20)21(23)24)19-15-9-5-4-8-14(15)13-6-2-1-3-7-13/h1-10,12H,11H2,(H,19,22). The van der Waals surface area contributed by atoms with Crippen molar-refractivity contribution in [1.29, 1.82) is 0 Å². The van der Waals surface area contributed by atoms with E-state index in [0.717, 1.165) is 11.1 Å². The average Bonchev–Trinajstić information content (AvgIpc) is 3.05. The number of hydrogen-bond acceptors (Lipinski definition) is 4. The summed E-state index contributed by atoms with van der Waals surface area (Å²) in [5.74, 6) is -0.571. The molecule has 7 nitrogen and oxygen atoms in total. The Morgan fingerprint density at radius 2 is 1.83 bits per heavy atom. The summed E-state index contributed by atoms with van der Waals surface area (Å²) >= 11 is 0. The predicted molar refractivity (Wildman–Crippen MR) is 89.4 cm³/mol. The summed E-state index contributed by atoms with van der Waals surface area (Å²) in [6, 6.07) is 17.2. The molecule has 0 fully saturated rings. The molecule has 1 amide bonds. The van der Waals surface area contributed by atoms with Gasteiger partial charge in [0, 0.05) is 11.3 Å². The van der Waals surface area contributed by atoms with Crippen LogP contribution >= 0.6 is 0 Å². The van der Waals surface area contributed by atoms with Gasteiger partial charge in [-0.3, -0.25) is 4.79 Å². The van der Waals surface area contributed by atoms with Gasteiger partial charge in [0.25, 0.3) is 0 Å². The van der Waals surface area contributed by atoms with Crippen LogP contribution in [0.25, 0.3) is 11.1 Å². The van der Waals surface area contributed by atoms with Crippen molar-refractivity contribution in [3.05, 3.63) is 77.2 Å². The van der Waals surface area contributed by atoms with Crippen LogP contribution in [0.5, 0.6) is 0 Å². The molecular formula is C17H14N4O3. The molecular weight excluding hydrogens is 308 g/mol. The van der Waals surface area contributed by atoms with Crippen LogP contribution in [0.1, 0.15) is 0 Å². The van der Waals surface area contributed by atoms with Crippen LogP contribution in [-0.2, 0) is 11.3 Å². The fourth-order valence-electron chi connectivity index (χ4n) is 2.35. The summed E-state index contributed by atoms with van der Waals surface area (Å²) in [4.78, 5) is 25.9. The van der Waals surface area contributed by atoms with Gasteiger partial charge < -0.3 is 20.0 Å². The van der Waals surface area contributed by atoms with E-state index in [1.807, 2.05) is 54.6 Å². The molecule has 0 aliphatic carbocycles. The first-order valence-corrected chi connectivity index (χ1v) is 7.24. The first kappa shape index (κ1) is 15.4. The monoisotopic (exact) mass is 322 g/mol. The van der Waals surface area contributed by atoms with E-state index in [0.29, 0.717) is 5.69 Å². The Hall–Kier alpha value is -3.48. The highest BCUT2D eigenvalue weighted by atomic mass is 16.6. The lowest BCUT2D eigenvalue weighted by molar-refractivity contribution is -0.389. The minimum atomic E-state index is -0.598. The van der Waals surface area contributed by atoms with Gasteiger partial charge in [0.15, 0.2) is 0 Å². The number of rotatable bonds is 5. The van der Waals surface area contributed by atoms with Crippen LogP contribution in [0.3, 0.4) is 0 Å².